The first-order chi connectivity index (χ1) is 12.1. The number of allylic oxidation sites excluding steroid dienone is 4. The van der Waals surface area contributed by atoms with E-state index in [1.54, 1.807) is 0 Å². The molecule has 0 unspecified atom stereocenters. The van der Waals surface area contributed by atoms with Gasteiger partial charge in [0.15, 0.2) is 11.6 Å². The van der Waals surface area contributed by atoms with Crippen LogP contribution in [-0.4, -0.2) is 22.3 Å². The van der Waals surface area contributed by atoms with Gasteiger partial charge in [0.25, 0.3) is 0 Å². The van der Waals surface area contributed by atoms with Crippen LogP contribution in [0.5, 0.6) is 0 Å². The molecule has 140 valence electrons. The van der Waals surface area contributed by atoms with Gasteiger partial charge in [-0.1, -0.05) is 32.1 Å². The van der Waals surface area contributed by atoms with Gasteiger partial charge in [-0.2, -0.15) is 0 Å². The Morgan fingerprint density at radius 2 is 1.96 bits per heavy atom. The zero-order valence-electron chi connectivity index (χ0n) is 16.4. The van der Waals surface area contributed by atoms with E-state index in [1.165, 1.54) is 18.1 Å². The first-order valence-electron chi connectivity index (χ1n) is 9.91. The Morgan fingerprint density at radius 1 is 1.27 bits per heavy atom. The smallest absolute Gasteiger partial charge is 0.166 e. The molecule has 3 nitrogen and oxygen atoms in total. The number of aliphatic hydroxyl groups is 1. The Kier molecular flexibility index (Phi) is 3.64. The fourth-order valence-corrected chi connectivity index (χ4v) is 7.04. The van der Waals surface area contributed by atoms with Crippen LogP contribution in [0.2, 0.25) is 0 Å². The van der Waals surface area contributed by atoms with Gasteiger partial charge >= 0.3 is 0 Å². The Balaban J connectivity index is 1.83. The van der Waals surface area contributed by atoms with Gasteiger partial charge in [0.2, 0.25) is 0 Å². The quantitative estimate of drug-likeness (QED) is 0.719. The topological polar surface area (TPSA) is 54.4 Å². The highest BCUT2D eigenvalue weighted by molar-refractivity contribution is 5.93. The third kappa shape index (κ3) is 1.93. The van der Waals surface area contributed by atoms with Crippen molar-refractivity contribution in [3.63, 3.8) is 0 Å². The largest absolute Gasteiger partial charge is 0.377 e. The van der Waals surface area contributed by atoms with Crippen molar-refractivity contribution < 1.29 is 14.7 Å². The summed E-state index contributed by atoms with van der Waals surface area (Å²) in [6.45, 7) is 12.1. The first kappa shape index (κ1) is 17.9. The van der Waals surface area contributed by atoms with E-state index in [0.717, 1.165) is 19.3 Å². The standard InChI is InChI=1S/C23H30O3/c1-13-10-17-18(21(4)8-6-16(25)12-19(13)21)7-9-22(5)20(17)11-14(2)23(22,26)15(3)24/h10,12,17-18,20,26H,2,6-9,11H2,1,3-5H3/t17-,18+,20+,21-,22+,23+/m1/s1. The third-order valence-electron chi connectivity index (χ3n) is 8.53. The number of fused-ring (bicyclic) bond motifs is 5. The van der Waals surface area contributed by atoms with Crippen LogP contribution in [0.1, 0.15) is 59.8 Å². The molecule has 0 saturated heterocycles. The number of carbonyl (C=O) groups is 2. The van der Waals surface area contributed by atoms with Gasteiger partial charge in [-0.3, -0.25) is 9.59 Å². The molecule has 4 aliphatic carbocycles. The minimum absolute atomic E-state index is 0.0248. The van der Waals surface area contributed by atoms with E-state index in [2.05, 4.69) is 33.4 Å². The molecule has 3 heteroatoms. The summed E-state index contributed by atoms with van der Waals surface area (Å²) < 4.78 is 0. The SMILES string of the molecule is C=C1C[C@H]2[C@@H]3C=C(C)C4=CC(=O)CC[C@]4(C)[C@H]3CC[C@]2(C)[C@@]1(O)C(C)=O. The highest BCUT2D eigenvalue weighted by atomic mass is 16.3. The Labute approximate surface area is 156 Å². The van der Waals surface area contributed by atoms with E-state index < -0.39 is 11.0 Å². The maximum absolute atomic E-state index is 12.4. The molecular formula is C23H30O3. The maximum atomic E-state index is 12.4. The number of hydrogen-bond acceptors (Lipinski definition) is 3. The van der Waals surface area contributed by atoms with Crippen molar-refractivity contribution >= 4 is 11.6 Å². The van der Waals surface area contributed by atoms with Gasteiger partial charge in [0.05, 0.1) is 0 Å². The zero-order valence-corrected chi connectivity index (χ0v) is 16.4. The van der Waals surface area contributed by atoms with Crippen LogP contribution in [-0.2, 0) is 9.59 Å². The molecule has 4 aliphatic rings. The Hall–Kier alpha value is -1.48. The summed E-state index contributed by atoms with van der Waals surface area (Å²) in [4.78, 5) is 24.4. The summed E-state index contributed by atoms with van der Waals surface area (Å²) in [7, 11) is 0. The van der Waals surface area contributed by atoms with Gasteiger partial charge in [-0.05, 0) is 79.9 Å². The molecule has 2 saturated carbocycles. The summed E-state index contributed by atoms with van der Waals surface area (Å²) in [6, 6.07) is 0. The molecule has 0 aromatic carbocycles. The van der Waals surface area contributed by atoms with Crippen molar-refractivity contribution in [1.29, 1.82) is 0 Å². The maximum Gasteiger partial charge on any atom is 0.166 e. The number of hydrogen-bond donors (Lipinski definition) is 1. The molecule has 0 aliphatic heterocycles. The van der Waals surface area contributed by atoms with Crippen molar-refractivity contribution in [3.05, 3.63) is 35.5 Å². The molecule has 0 spiro atoms. The number of Topliss-reactive ketones (excluding diaryl/α,β-unsaturated/α-hetero) is 1. The van der Waals surface area contributed by atoms with Gasteiger partial charge < -0.3 is 5.11 Å². The molecule has 26 heavy (non-hydrogen) atoms. The van der Waals surface area contributed by atoms with Crippen molar-refractivity contribution in [2.24, 2.45) is 28.6 Å². The highest BCUT2D eigenvalue weighted by Crippen LogP contribution is 2.67. The summed E-state index contributed by atoms with van der Waals surface area (Å²) in [5.74, 6) is 1.09. The van der Waals surface area contributed by atoms with Crippen molar-refractivity contribution in [3.8, 4) is 0 Å². The second kappa shape index (κ2) is 5.28. The van der Waals surface area contributed by atoms with Gasteiger partial charge in [-0.25, -0.2) is 0 Å². The number of carbonyl (C=O) groups excluding carboxylic acids is 2. The molecule has 1 N–H and O–H groups in total. The molecular weight excluding hydrogens is 324 g/mol. The molecule has 6 atom stereocenters. The van der Waals surface area contributed by atoms with Gasteiger partial charge in [0.1, 0.15) is 5.60 Å². The second-order valence-electron chi connectivity index (χ2n) is 9.61. The van der Waals surface area contributed by atoms with E-state index in [4.69, 9.17) is 0 Å². The van der Waals surface area contributed by atoms with Crippen LogP contribution in [0.4, 0.5) is 0 Å². The van der Waals surface area contributed by atoms with Crippen molar-refractivity contribution in [2.45, 2.75) is 65.4 Å². The molecule has 2 fully saturated rings. The van der Waals surface area contributed by atoms with E-state index in [1.807, 2.05) is 6.08 Å². The van der Waals surface area contributed by atoms with Crippen LogP contribution in [0.25, 0.3) is 0 Å². The summed E-state index contributed by atoms with van der Waals surface area (Å²) in [5, 5.41) is 11.4. The molecule has 0 aromatic rings. The van der Waals surface area contributed by atoms with E-state index in [9.17, 15) is 14.7 Å². The zero-order chi connectivity index (χ0) is 19.1. The van der Waals surface area contributed by atoms with E-state index in [-0.39, 0.29) is 22.9 Å². The van der Waals surface area contributed by atoms with Gasteiger partial charge in [0, 0.05) is 11.8 Å². The average Bonchev–Trinajstić information content (AvgIpc) is 2.78. The van der Waals surface area contributed by atoms with Crippen LogP contribution >= 0.6 is 0 Å². The fourth-order valence-electron chi connectivity index (χ4n) is 7.04. The minimum Gasteiger partial charge on any atom is -0.377 e. The Bertz CT molecular complexity index is 787. The lowest BCUT2D eigenvalue weighted by molar-refractivity contribution is -0.151. The Morgan fingerprint density at radius 3 is 2.62 bits per heavy atom. The minimum atomic E-state index is -1.40. The summed E-state index contributed by atoms with van der Waals surface area (Å²) in [5.41, 5.74) is 1.29. The van der Waals surface area contributed by atoms with Crippen LogP contribution in [0.15, 0.2) is 35.5 Å². The lowest BCUT2D eigenvalue weighted by atomic mass is 9.47. The second-order valence-corrected chi connectivity index (χ2v) is 9.61. The predicted octanol–water partition coefficient (Wildman–Crippen LogP) is 4.17. The fraction of sp³-hybridized carbons (Fsp3) is 0.652. The summed E-state index contributed by atoms with van der Waals surface area (Å²) in [6.07, 6.45) is 8.26. The summed E-state index contributed by atoms with van der Waals surface area (Å²) >= 11 is 0. The molecule has 0 radical (unpaired) electrons. The van der Waals surface area contributed by atoms with Crippen LogP contribution < -0.4 is 0 Å². The van der Waals surface area contributed by atoms with Crippen LogP contribution in [0, 0.1) is 28.6 Å². The highest BCUT2D eigenvalue weighted by Gasteiger charge is 2.66. The van der Waals surface area contributed by atoms with Crippen molar-refractivity contribution in [2.75, 3.05) is 0 Å². The van der Waals surface area contributed by atoms with E-state index >= 15 is 0 Å². The number of rotatable bonds is 1. The predicted molar refractivity (Wildman–Crippen MR) is 101 cm³/mol. The molecule has 0 heterocycles. The van der Waals surface area contributed by atoms with Crippen LogP contribution in [0.3, 0.4) is 0 Å². The van der Waals surface area contributed by atoms with Crippen molar-refractivity contribution in [1.82, 2.24) is 0 Å². The molecule has 0 aromatic heterocycles. The molecule has 4 rings (SSSR count). The number of ketones is 2. The lowest BCUT2D eigenvalue weighted by Gasteiger charge is -2.57. The first-order valence-corrected chi connectivity index (χ1v) is 9.91. The average molecular weight is 354 g/mol. The molecule has 0 amide bonds. The third-order valence-corrected chi connectivity index (χ3v) is 8.53. The van der Waals surface area contributed by atoms with Gasteiger partial charge in [-0.15, -0.1) is 0 Å². The van der Waals surface area contributed by atoms with E-state index in [0.29, 0.717) is 30.3 Å². The molecule has 0 bridgehead atoms. The lowest BCUT2D eigenvalue weighted by Crippen LogP contribution is -2.57. The monoisotopic (exact) mass is 354 g/mol. The normalized spacial score (nSPS) is 47.5.